The molecule has 0 saturated carbocycles. The molecule has 0 aliphatic heterocycles. The molecule has 0 aromatic rings. The Labute approximate surface area is 132 Å². The average Bonchev–Trinajstić information content (AvgIpc) is 2.07. The highest BCUT2D eigenvalue weighted by Crippen LogP contribution is 2.54. The fourth-order valence-corrected chi connectivity index (χ4v) is 8.01. The van der Waals surface area contributed by atoms with E-state index in [1.807, 2.05) is 39.3 Å². The van der Waals surface area contributed by atoms with Gasteiger partial charge in [-0.25, -0.2) is 4.57 Å². The van der Waals surface area contributed by atoms with Crippen LogP contribution in [-0.2, 0) is 22.0 Å². The first-order valence-corrected chi connectivity index (χ1v) is 18.7. The van der Waals surface area contributed by atoms with Gasteiger partial charge in [0.15, 0.2) is 25.0 Å². The summed E-state index contributed by atoms with van der Waals surface area (Å²) in [7, 11) is -9.42. The minimum absolute atomic E-state index is 0.329. The van der Waals surface area contributed by atoms with Gasteiger partial charge >= 0.3 is 7.82 Å². The lowest BCUT2D eigenvalue weighted by Crippen LogP contribution is -2.30. The van der Waals surface area contributed by atoms with Crippen LogP contribution in [0.25, 0.3) is 0 Å². The summed E-state index contributed by atoms with van der Waals surface area (Å²) in [5, 5.41) is 3.72. The first-order chi connectivity index (χ1) is 9.12. The van der Waals surface area contributed by atoms with Gasteiger partial charge in [-0.1, -0.05) is 5.16 Å². The van der Waals surface area contributed by atoms with Crippen molar-refractivity contribution in [3.05, 3.63) is 0 Å². The second-order valence-corrected chi connectivity index (χ2v) is 23.1. The number of hydrogen-bond acceptors (Lipinski definition) is 6. The van der Waals surface area contributed by atoms with Crippen molar-refractivity contribution >= 4 is 39.0 Å². The van der Waals surface area contributed by atoms with E-state index in [2.05, 4.69) is 24.8 Å². The van der Waals surface area contributed by atoms with Gasteiger partial charge in [-0.3, -0.25) is 4.62 Å². The number of phosphoric acid groups is 1. The molecule has 0 atom stereocenters. The van der Waals surface area contributed by atoms with E-state index in [1.165, 1.54) is 6.21 Å². The standard InChI is InChI=1S/C11H30NO5PSi3/c1-19(2,3)14-11-10-12-15-18(13,16-20(4,5)6)17-21(7,8)9/h10H,11H2,1-9H3/b12-10-. The van der Waals surface area contributed by atoms with Crippen molar-refractivity contribution in [2.45, 2.75) is 58.9 Å². The van der Waals surface area contributed by atoms with Crippen molar-refractivity contribution in [1.29, 1.82) is 0 Å². The van der Waals surface area contributed by atoms with Gasteiger partial charge < -0.3 is 12.9 Å². The summed E-state index contributed by atoms with van der Waals surface area (Å²) < 4.78 is 34.5. The summed E-state index contributed by atoms with van der Waals surface area (Å²) >= 11 is 0. The van der Waals surface area contributed by atoms with Gasteiger partial charge in [0.2, 0.25) is 0 Å². The molecule has 6 nitrogen and oxygen atoms in total. The van der Waals surface area contributed by atoms with E-state index in [-0.39, 0.29) is 0 Å². The highest BCUT2D eigenvalue weighted by Gasteiger charge is 2.39. The lowest BCUT2D eigenvalue weighted by molar-refractivity contribution is 0.214. The van der Waals surface area contributed by atoms with Crippen LogP contribution >= 0.6 is 7.82 Å². The predicted octanol–water partition coefficient (Wildman–Crippen LogP) is 4.65. The SMILES string of the molecule is C[Si](C)(C)OC/C=N\OP(=O)(O[Si](C)(C)C)O[Si](C)(C)C. The Morgan fingerprint density at radius 1 is 0.857 bits per heavy atom. The molecule has 0 bridgehead atoms. The molecular formula is C11H30NO5PSi3. The van der Waals surface area contributed by atoms with Crippen LogP contribution in [-0.4, -0.2) is 37.8 Å². The highest BCUT2D eigenvalue weighted by molar-refractivity contribution is 7.52. The Bertz CT molecular complexity index is 378. The Hall–Kier alpha value is 0.231. The summed E-state index contributed by atoms with van der Waals surface area (Å²) in [6.07, 6.45) is 1.45. The van der Waals surface area contributed by atoms with E-state index in [0.717, 1.165) is 0 Å². The van der Waals surface area contributed by atoms with E-state index in [4.69, 9.17) is 17.5 Å². The normalized spacial score (nSPS) is 14.7. The fraction of sp³-hybridized carbons (Fsp3) is 0.909. The van der Waals surface area contributed by atoms with E-state index < -0.39 is 32.8 Å². The zero-order valence-corrected chi connectivity index (χ0v) is 18.6. The maximum Gasteiger partial charge on any atom is 0.530 e. The van der Waals surface area contributed by atoms with Crippen LogP contribution < -0.4 is 0 Å². The van der Waals surface area contributed by atoms with Gasteiger partial charge in [0.1, 0.15) is 0 Å². The molecule has 0 N–H and O–H groups in total. The molecule has 0 fully saturated rings. The van der Waals surface area contributed by atoms with E-state index >= 15 is 0 Å². The Morgan fingerprint density at radius 2 is 1.29 bits per heavy atom. The average molecular weight is 372 g/mol. The second-order valence-electron chi connectivity index (χ2n) is 7.65. The first-order valence-electron chi connectivity index (χ1n) is 6.98. The molecule has 0 heterocycles. The van der Waals surface area contributed by atoms with E-state index in [1.54, 1.807) is 0 Å². The van der Waals surface area contributed by atoms with Crippen molar-refractivity contribution in [1.82, 2.24) is 0 Å². The Balaban J connectivity index is 4.70. The topological polar surface area (TPSA) is 66.4 Å². The van der Waals surface area contributed by atoms with Crippen molar-refractivity contribution in [2.24, 2.45) is 5.16 Å². The maximum absolute atomic E-state index is 12.7. The summed E-state index contributed by atoms with van der Waals surface area (Å²) in [6.45, 7) is 18.1. The molecule has 0 rings (SSSR count). The maximum atomic E-state index is 12.7. The Morgan fingerprint density at radius 3 is 1.62 bits per heavy atom. The molecule has 0 aliphatic carbocycles. The molecule has 0 radical (unpaired) electrons. The second kappa shape index (κ2) is 7.67. The lowest BCUT2D eigenvalue weighted by Gasteiger charge is -2.27. The van der Waals surface area contributed by atoms with Crippen LogP contribution in [0.4, 0.5) is 0 Å². The summed E-state index contributed by atoms with van der Waals surface area (Å²) in [5.41, 5.74) is 0. The van der Waals surface area contributed by atoms with Crippen molar-refractivity contribution < 1.29 is 22.0 Å². The molecular weight excluding hydrogens is 341 g/mol. The van der Waals surface area contributed by atoms with Crippen molar-refractivity contribution in [2.75, 3.05) is 6.61 Å². The lowest BCUT2D eigenvalue weighted by atomic mass is 10.8. The van der Waals surface area contributed by atoms with Gasteiger partial charge in [-0.05, 0) is 58.9 Å². The van der Waals surface area contributed by atoms with Crippen LogP contribution in [0.15, 0.2) is 5.16 Å². The van der Waals surface area contributed by atoms with Gasteiger partial charge in [0.05, 0.1) is 12.8 Å². The molecule has 0 aliphatic rings. The van der Waals surface area contributed by atoms with E-state index in [9.17, 15) is 4.57 Å². The van der Waals surface area contributed by atoms with Crippen LogP contribution in [0.5, 0.6) is 0 Å². The third-order valence-corrected chi connectivity index (χ3v) is 9.08. The number of rotatable bonds is 9. The smallest absolute Gasteiger partial charge is 0.412 e. The molecule has 0 amide bonds. The van der Waals surface area contributed by atoms with Crippen LogP contribution in [0.1, 0.15) is 0 Å². The molecule has 126 valence electrons. The molecule has 0 saturated heterocycles. The van der Waals surface area contributed by atoms with Gasteiger partial charge in [-0.15, -0.1) is 0 Å². The van der Waals surface area contributed by atoms with E-state index in [0.29, 0.717) is 6.61 Å². The third kappa shape index (κ3) is 13.6. The van der Waals surface area contributed by atoms with Gasteiger partial charge in [-0.2, -0.15) is 0 Å². The zero-order valence-electron chi connectivity index (χ0n) is 14.7. The molecule has 0 spiro atoms. The van der Waals surface area contributed by atoms with Gasteiger partial charge in [0.25, 0.3) is 0 Å². The third-order valence-electron chi connectivity index (χ3n) is 1.58. The van der Waals surface area contributed by atoms with Gasteiger partial charge in [0, 0.05) is 0 Å². The summed E-state index contributed by atoms with van der Waals surface area (Å²) in [6, 6.07) is 0. The monoisotopic (exact) mass is 371 g/mol. The van der Waals surface area contributed by atoms with Crippen LogP contribution in [0.3, 0.4) is 0 Å². The number of oxime groups is 1. The fourth-order valence-electron chi connectivity index (χ4n) is 1.13. The first kappa shape index (κ1) is 21.2. The molecule has 10 heteroatoms. The summed E-state index contributed by atoms with van der Waals surface area (Å²) in [5.74, 6) is 0. The van der Waals surface area contributed by atoms with Crippen molar-refractivity contribution in [3.8, 4) is 0 Å². The predicted molar refractivity (Wildman–Crippen MR) is 95.3 cm³/mol. The number of nitrogens with zero attached hydrogens (tertiary/aromatic N) is 1. The quantitative estimate of drug-likeness (QED) is 0.255. The van der Waals surface area contributed by atoms with Crippen LogP contribution in [0.2, 0.25) is 58.9 Å². The molecule has 0 unspecified atom stereocenters. The molecule has 0 aromatic carbocycles. The minimum atomic E-state index is -3.66. The summed E-state index contributed by atoms with van der Waals surface area (Å²) in [4.78, 5) is 0. The zero-order chi connectivity index (χ0) is 16.9. The minimum Gasteiger partial charge on any atom is -0.412 e. The molecule has 21 heavy (non-hydrogen) atoms. The highest BCUT2D eigenvalue weighted by atomic mass is 31.2. The van der Waals surface area contributed by atoms with Crippen LogP contribution in [0, 0.1) is 0 Å². The molecule has 0 aromatic heterocycles. The Kier molecular flexibility index (Phi) is 7.75. The number of hydrogen-bond donors (Lipinski definition) is 0. The largest absolute Gasteiger partial charge is 0.530 e. The van der Waals surface area contributed by atoms with Crippen molar-refractivity contribution in [3.63, 3.8) is 0 Å².